The average molecular weight is 444 g/mol. The molecule has 0 amide bonds. The molecule has 0 aliphatic rings. The number of phenols is 1. The van der Waals surface area contributed by atoms with Crippen LogP contribution in [0.15, 0.2) is 66.7 Å². The lowest BCUT2D eigenvalue weighted by Crippen LogP contribution is -2.31. The van der Waals surface area contributed by atoms with Crippen molar-refractivity contribution in [2.24, 2.45) is 0 Å². The zero-order valence-corrected chi connectivity index (χ0v) is 20.0. The number of rotatable bonds is 9. The Hall–Kier alpha value is -3.42. The largest absolute Gasteiger partial charge is 0.508 e. The molecular weight excluding hydrogens is 410 g/mol. The lowest BCUT2D eigenvalue weighted by molar-refractivity contribution is 0.249. The zero-order chi connectivity index (χ0) is 23.6. The van der Waals surface area contributed by atoms with Gasteiger partial charge >= 0.3 is 0 Å². The van der Waals surface area contributed by atoms with Gasteiger partial charge in [-0.2, -0.15) is 0 Å². The van der Waals surface area contributed by atoms with Crippen LogP contribution in [0.5, 0.6) is 17.2 Å². The molecule has 0 saturated carbocycles. The second-order valence-corrected chi connectivity index (χ2v) is 8.27. The van der Waals surface area contributed by atoms with Gasteiger partial charge in [-0.1, -0.05) is 36.1 Å². The van der Waals surface area contributed by atoms with E-state index in [0.717, 1.165) is 54.0 Å². The van der Waals surface area contributed by atoms with Gasteiger partial charge in [0, 0.05) is 23.7 Å². The summed E-state index contributed by atoms with van der Waals surface area (Å²) < 4.78 is 10.7. The molecule has 3 rings (SSSR count). The first-order valence-corrected chi connectivity index (χ1v) is 11.3. The highest BCUT2D eigenvalue weighted by Gasteiger charge is 2.12. The third-order valence-electron chi connectivity index (χ3n) is 5.99. The van der Waals surface area contributed by atoms with E-state index in [1.54, 1.807) is 20.3 Å². The molecule has 0 heterocycles. The van der Waals surface area contributed by atoms with Crippen molar-refractivity contribution in [1.82, 2.24) is 4.90 Å². The fourth-order valence-corrected chi connectivity index (χ4v) is 3.72. The van der Waals surface area contributed by atoms with Crippen LogP contribution in [-0.4, -0.2) is 43.9 Å². The minimum atomic E-state index is 0.282. The Kier molecular flexibility index (Phi) is 8.80. The van der Waals surface area contributed by atoms with Crippen molar-refractivity contribution >= 4 is 0 Å². The first kappa shape index (κ1) is 24.2. The fourth-order valence-electron chi connectivity index (χ4n) is 3.72. The highest BCUT2D eigenvalue weighted by atomic mass is 16.5. The third-order valence-corrected chi connectivity index (χ3v) is 5.99. The molecule has 0 bridgehead atoms. The number of aromatic hydroxyl groups is 1. The van der Waals surface area contributed by atoms with Crippen molar-refractivity contribution in [2.75, 3.05) is 27.8 Å². The highest BCUT2D eigenvalue weighted by molar-refractivity contribution is 5.49. The molecule has 0 radical (unpaired) electrons. The molecule has 0 aromatic heterocycles. The normalized spacial score (nSPS) is 11.5. The smallest absolute Gasteiger partial charge is 0.160 e. The maximum atomic E-state index is 10.0. The van der Waals surface area contributed by atoms with Crippen molar-refractivity contribution in [3.05, 3.63) is 89.0 Å². The zero-order valence-electron chi connectivity index (χ0n) is 20.0. The van der Waals surface area contributed by atoms with E-state index < -0.39 is 0 Å². The van der Waals surface area contributed by atoms with Gasteiger partial charge in [-0.25, -0.2) is 0 Å². The molecule has 172 valence electrons. The number of hydrogen-bond acceptors (Lipinski definition) is 4. The summed E-state index contributed by atoms with van der Waals surface area (Å²) >= 11 is 0. The molecule has 33 heavy (non-hydrogen) atoms. The van der Waals surface area contributed by atoms with Gasteiger partial charge in [-0.15, -0.1) is 0 Å². The summed E-state index contributed by atoms with van der Waals surface area (Å²) in [6, 6.07) is 21.9. The number of likely N-dealkylation sites (N-methyl/N-ethyl adjacent to an activating group) is 1. The van der Waals surface area contributed by atoms with Crippen molar-refractivity contribution in [1.29, 1.82) is 0 Å². The first-order valence-electron chi connectivity index (χ1n) is 11.3. The standard InChI is InChI=1S/C29H33NO3/c1-22(30(2)19-18-24-12-17-28(32-3)29(20-24)33-4)10-13-26-21-27(31)16-15-25(26)14-11-23-8-6-5-7-9-23/h5-9,12,15-17,20-22,31H,10,13,18-19H2,1-4H3. The molecular formula is C29H33NO3. The molecule has 0 saturated heterocycles. The molecule has 3 aromatic carbocycles. The number of aryl methyl sites for hydroxylation is 1. The average Bonchev–Trinajstić information content (AvgIpc) is 2.85. The van der Waals surface area contributed by atoms with Gasteiger partial charge in [-0.05, 0) is 86.8 Å². The molecule has 0 fully saturated rings. The first-order chi connectivity index (χ1) is 16.0. The van der Waals surface area contributed by atoms with E-state index in [1.165, 1.54) is 5.56 Å². The van der Waals surface area contributed by atoms with Crippen LogP contribution >= 0.6 is 0 Å². The lowest BCUT2D eigenvalue weighted by Gasteiger charge is -2.25. The van der Waals surface area contributed by atoms with E-state index in [4.69, 9.17) is 9.47 Å². The van der Waals surface area contributed by atoms with Gasteiger partial charge in [0.05, 0.1) is 14.2 Å². The van der Waals surface area contributed by atoms with Crippen molar-refractivity contribution in [3.8, 4) is 29.1 Å². The van der Waals surface area contributed by atoms with Crippen molar-refractivity contribution < 1.29 is 14.6 Å². The van der Waals surface area contributed by atoms with Crippen LogP contribution < -0.4 is 9.47 Å². The number of phenolic OH excluding ortho intramolecular Hbond substituents is 1. The number of methoxy groups -OCH3 is 2. The van der Waals surface area contributed by atoms with Crippen molar-refractivity contribution in [2.45, 2.75) is 32.2 Å². The van der Waals surface area contributed by atoms with E-state index in [2.05, 4.69) is 36.8 Å². The number of nitrogens with zero attached hydrogens (tertiary/aromatic N) is 1. The maximum absolute atomic E-state index is 10.0. The Morgan fingerprint density at radius 2 is 1.64 bits per heavy atom. The molecule has 0 spiro atoms. The van der Waals surface area contributed by atoms with Crippen LogP contribution in [-0.2, 0) is 12.8 Å². The second-order valence-electron chi connectivity index (χ2n) is 8.27. The summed E-state index contributed by atoms with van der Waals surface area (Å²) in [6.45, 7) is 3.18. The minimum Gasteiger partial charge on any atom is -0.508 e. The Morgan fingerprint density at radius 1 is 0.879 bits per heavy atom. The molecule has 0 aliphatic carbocycles. The van der Waals surface area contributed by atoms with Gasteiger partial charge in [0.1, 0.15) is 5.75 Å². The Bertz CT molecular complexity index is 1100. The van der Waals surface area contributed by atoms with E-state index in [0.29, 0.717) is 6.04 Å². The lowest BCUT2D eigenvalue weighted by atomic mass is 9.99. The van der Waals surface area contributed by atoms with Crippen LogP contribution in [0.1, 0.15) is 35.6 Å². The summed E-state index contributed by atoms with van der Waals surface area (Å²) in [7, 11) is 5.47. The summed E-state index contributed by atoms with van der Waals surface area (Å²) in [4.78, 5) is 2.37. The van der Waals surface area contributed by atoms with Gasteiger partial charge in [0.15, 0.2) is 11.5 Å². The monoisotopic (exact) mass is 443 g/mol. The topological polar surface area (TPSA) is 41.9 Å². The van der Waals surface area contributed by atoms with Crippen molar-refractivity contribution in [3.63, 3.8) is 0 Å². The van der Waals surface area contributed by atoms with Gasteiger partial charge in [-0.3, -0.25) is 0 Å². The molecule has 3 aromatic rings. The molecule has 1 atom stereocenters. The van der Waals surface area contributed by atoms with Gasteiger partial charge in [0.2, 0.25) is 0 Å². The maximum Gasteiger partial charge on any atom is 0.160 e. The number of hydrogen-bond donors (Lipinski definition) is 1. The second kappa shape index (κ2) is 12.0. The van der Waals surface area contributed by atoms with Crippen LogP contribution in [0.3, 0.4) is 0 Å². The van der Waals surface area contributed by atoms with Gasteiger partial charge < -0.3 is 19.5 Å². The van der Waals surface area contributed by atoms with E-state index >= 15 is 0 Å². The Balaban J connectivity index is 1.59. The molecule has 0 aliphatic heterocycles. The van der Waals surface area contributed by atoms with Crippen LogP contribution in [0, 0.1) is 11.8 Å². The summed E-state index contributed by atoms with van der Waals surface area (Å²) in [5.74, 6) is 8.30. The quantitative estimate of drug-likeness (QED) is 0.456. The fraction of sp³-hybridized carbons (Fsp3) is 0.310. The molecule has 4 heteroatoms. The van der Waals surface area contributed by atoms with Crippen LogP contribution in [0.4, 0.5) is 0 Å². The van der Waals surface area contributed by atoms with E-state index in [1.807, 2.05) is 54.6 Å². The SMILES string of the molecule is COc1ccc(CCN(C)C(C)CCc2cc(O)ccc2C#Cc2ccccc2)cc1OC. The highest BCUT2D eigenvalue weighted by Crippen LogP contribution is 2.28. The molecule has 1 unspecified atom stereocenters. The number of benzene rings is 3. The third kappa shape index (κ3) is 7.03. The molecule has 1 N–H and O–H groups in total. The van der Waals surface area contributed by atoms with Gasteiger partial charge in [0.25, 0.3) is 0 Å². The van der Waals surface area contributed by atoms with E-state index in [9.17, 15) is 5.11 Å². The minimum absolute atomic E-state index is 0.282. The summed E-state index contributed by atoms with van der Waals surface area (Å²) in [5.41, 5.74) is 4.26. The predicted molar refractivity (Wildman–Crippen MR) is 134 cm³/mol. The number of ether oxygens (including phenoxy) is 2. The predicted octanol–water partition coefficient (Wildman–Crippen LogP) is 5.30. The Morgan fingerprint density at radius 3 is 2.36 bits per heavy atom. The van der Waals surface area contributed by atoms with Crippen LogP contribution in [0.2, 0.25) is 0 Å². The molecule has 4 nitrogen and oxygen atoms in total. The summed E-state index contributed by atoms with van der Waals surface area (Å²) in [6.07, 6.45) is 2.77. The van der Waals surface area contributed by atoms with E-state index in [-0.39, 0.29) is 5.75 Å². The summed E-state index contributed by atoms with van der Waals surface area (Å²) in [5, 5.41) is 10.0. The van der Waals surface area contributed by atoms with Crippen LogP contribution in [0.25, 0.3) is 0 Å². The Labute approximate surface area is 197 Å².